The molecule has 2 rings (SSSR count). The fraction of sp³-hybridized carbons (Fsp3) is 0.696. The van der Waals surface area contributed by atoms with E-state index in [2.05, 4.69) is 5.32 Å². The number of nitro groups is 1. The first-order chi connectivity index (χ1) is 18.3. The molecule has 5 atom stereocenters. The summed E-state index contributed by atoms with van der Waals surface area (Å²) < 4.78 is 26.8. The summed E-state index contributed by atoms with van der Waals surface area (Å²) in [5.41, 5.74) is 4.83. The van der Waals surface area contributed by atoms with E-state index in [0.29, 0.717) is 52.6 Å². The SMILES string of the molecule is NCCCOCCOCCOCCCNC(=O)c1cc(O[C@H]2O[C@H](CO)[C@H](O)[C@H](O)[C@H]2O)cc([N+](=O)[O-])c1. The first-order valence-corrected chi connectivity index (χ1v) is 12.3. The number of nitrogens with two attached hydrogens (primary N) is 1. The Labute approximate surface area is 219 Å². The average Bonchev–Trinajstić information content (AvgIpc) is 2.91. The Kier molecular flexibility index (Phi) is 14.4. The molecule has 0 radical (unpaired) electrons. The van der Waals surface area contributed by atoms with E-state index in [1.165, 1.54) is 6.07 Å². The van der Waals surface area contributed by atoms with Crippen molar-refractivity contribution in [3.05, 3.63) is 33.9 Å². The van der Waals surface area contributed by atoms with Crippen LogP contribution in [0, 0.1) is 10.1 Å². The molecule has 1 amide bonds. The zero-order chi connectivity index (χ0) is 27.9. The second-order valence-electron chi connectivity index (χ2n) is 8.38. The van der Waals surface area contributed by atoms with Crippen LogP contribution in [0.2, 0.25) is 0 Å². The van der Waals surface area contributed by atoms with E-state index < -0.39 is 53.8 Å². The smallest absolute Gasteiger partial charge is 0.273 e. The van der Waals surface area contributed by atoms with Gasteiger partial charge in [-0.15, -0.1) is 0 Å². The number of nitro benzene ring substituents is 1. The van der Waals surface area contributed by atoms with E-state index in [9.17, 15) is 35.3 Å². The van der Waals surface area contributed by atoms with Crippen molar-refractivity contribution in [1.29, 1.82) is 0 Å². The minimum absolute atomic E-state index is 0.0817. The van der Waals surface area contributed by atoms with Gasteiger partial charge in [-0.25, -0.2) is 0 Å². The topological polar surface area (TPSA) is 225 Å². The zero-order valence-electron chi connectivity index (χ0n) is 21.0. The van der Waals surface area contributed by atoms with Crippen molar-refractivity contribution in [1.82, 2.24) is 5.32 Å². The van der Waals surface area contributed by atoms with Gasteiger partial charge in [0.15, 0.2) is 0 Å². The lowest BCUT2D eigenvalue weighted by atomic mass is 9.99. The molecule has 1 heterocycles. The van der Waals surface area contributed by atoms with Crippen molar-refractivity contribution < 1.29 is 53.8 Å². The first-order valence-electron chi connectivity index (χ1n) is 12.3. The number of carbonyl (C=O) groups excluding carboxylic acids is 1. The van der Waals surface area contributed by atoms with Gasteiger partial charge >= 0.3 is 0 Å². The van der Waals surface area contributed by atoms with Crippen LogP contribution in [0.3, 0.4) is 0 Å². The second kappa shape index (κ2) is 17.2. The molecular weight excluding hydrogens is 510 g/mol. The van der Waals surface area contributed by atoms with Gasteiger partial charge in [-0.1, -0.05) is 0 Å². The van der Waals surface area contributed by atoms with Gasteiger partial charge in [0.25, 0.3) is 11.6 Å². The van der Waals surface area contributed by atoms with Gasteiger partial charge in [-0.3, -0.25) is 14.9 Å². The number of amides is 1. The molecule has 0 spiro atoms. The third-order valence-corrected chi connectivity index (χ3v) is 5.45. The van der Waals surface area contributed by atoms with Gasteiger partial charge in [0.2, 0.25) is 6.29 Å². The molecule has 216 valence electrons. The van der Waals surface area contributed by atoms with E-state index in [-0.39, 0.29) is 17.9 Å². The third-order valence-electron chi connectivity index (χ3n) is 5.45. The molecule has 15 nitrogen and oxygen atoms in total. The molecule has 1 fully saturated rings. The number of rotatable bonds is 18. The van der Waals surface area contributed by atoms with Gasteiger partial charge in [0.1, 0.15) is 30.2 Å². The maximum absolute atomic E-state index is 12.6. The lowest BCUT2D eigenvalue weighted by molar-refractivity contribution is -0.385. The molecule has 0 aliphatic carbocycles. The fourth-order valence-corrected chi connectivity index (χ4v) is 3.39. The van der Waals surface area contributed by atoms with Crippen LogP contribution in [0.15, 0.2) is 18.2 Å². The molecular formula is C23H37N3O12. The summed E-state index contributed by atoms with van der Waals surface area (Å²) in [6.45, 7) is 2.82. The van der Waals surface area contributed by atoms with Crippen LogP contribution in [0.5, 0.6) is 5.75 Å². The largest absolute Gasteiger partial charge is 0.462 e. The standard InChI is InChI=1S/C23H37N3O12/c24-3-1-5-34-7-9-36-10-8-35-6-2-4-25-22(31)15-11-16(26(32)33)13-17(12-15)37-23-21(30)20(29)19(28)18(14-27)38-23/h11-13,18-21,23,27-30H,1-10,14,24H2,(H,25,31)/t18-,19+,20+,21-,23+/m1/s1. The normalized spacial score (nSPS) is 23.2. The number of aliphatic hydroxyl groups excluding tert-OH is 4. The number of hydrogen-bond acceptors (Lipinski definition) is 13. The highest BCUT2D eigenvalue weighted by Crippen LogP contribution is 2.28. The van der Waals surface area contributed by atoms with Gasteiger partial charge < -0.3 is 55.2 Å². The van der Waals surface area contributed by atoms with Crippen molar-refractivity contribution in [3.8, 4) is 5.75 Å². The number of benzene rings is 1. The van der Waals surface area contributed by atoms with E-state index in [4.69, 9.17) is 29.4 Å². The Morgan fingerprint density at radius 1 is 0.974 bits per heavy atom. The third kappa shape index (κ3) is 10.4. The van der Waals surface area contributed by atoms with Gasteiger partial charge in [0, 0.05) is 31.4 Å². The molecule has 0 unspecified atom stereocenters. The molecule has 7 N–H and O–H groups in total. The van der Waals surface area contributed by atoms with E-state index in [1.807, 2.05) is 0 Å². The Morgan fingerprint density at radius 3 is 2.21 bits per heavy atom. The fourth-order valence-electron chi connectivity index (χ4n) is 3.39. The maximum atomic E-state index is 12.6. The van der Waals surface area contributed by atoms with Crippen molar-refractivity contribution in [2.24, 2.45) is 5.73 Å². The average molecular weight is 548 g/mol. The Bertz CT molecular complexity index is 859. The minimum atomic E-state index is -1.72. The van der Waals surface area contributed by atoms with Crippen molar-refractivity contribution >= 4 is 11.6 Å². The van der Waals surface area contributed by atoms with Crippen LogP contribution in [-0.2, 0) is 18.9 Å². The first kappa shape index (κ1) is 31.7. The second-order valence-corrected chi connectivity index (χ2v) is 8.38. The molecule has 0 saturated carbocycles. The molecule has 1 aliphatic heterocycles. The lowest BCUT2D eigenvalue weighted by Gasteiger charge is -2.39. The number of hydrogen-bond donors (Lipinski definition) is 6. The summed E-state index contributed by atoms with van der Waals surface area (Å²) in [5, 5.41) is 53.2. The van der Waals surface area contributed by atoms with Crippen molar-refractivity contribution in [2.45, 2.75) is 43.5 Å². The summed E-state index contributed by atoms with van der Waals surface area (Å²) in [7, 11) is 0. The quantitative estimate of drug-likeness (QED) is 0.0685. The molecule has 1 aromatic rings. The highest BCUT2D eigenvalue weighted by atomic mass is 16.7. The minimum Gasteiger partial charge on any atom is -0.462 e. The Balaban J connectivity index is 1.79. The highest BCUT2D eigenvalue weighted by Gasteiger charge is 2.44. The van der Waals surface area contributed by atoms with Crippen LogP contribution in [0.4, 0.5) is 5.69 Å². The monoisotopic (exact) mass is 547 g/mol. The number of nitrogens with one attached hydrogen (secondary N) is 1. The van der Waals surface area contributed by atoms with Crippen LogP contribution >= 0.6 is 0 Å². The molecule has 1 saturated heterocycles. The summed E-state index contributed by atoms with van der Waals surface area (Å²) >= 11 is 0. The Hall–Kier alpha value is -2.47. The van der Waals surface area contributed by atoms with Crippen LogP contribution < -0.4 is 15.8 Å². The lowest BCUT2D eigenvalue weighted by Crippen LogP contribution is -2.60. The zero-order valence-corrected chi connectivity index (χ0v) is 21.0. The predicted molar refractivity (Wildman–Crippen MR) is 131 cm³/mol. The number of non-ortho nitro benzene ring substituents is 1. The summed E-state index contributed by atoms with van der Waals surface area (Å²) in [6, 6.07) is 3.28. The highest BCUT2D eigenvalue weighted by molar-refractivity contribution is 5.95. The number of nitrogens with zero attached hydrogens (tertiary/aromatic N) is 1. The molecule has 38 heavy (non-hydrogen) atoms. The van der Waals surface area contributed by atoms with Crippen molar-refractivity contribution in [2.75, 3.05) is 59.3 Å². The van der Waals surface area contributed by atoms with Crippen molar-refractivity contribution in [3.63, 3.8) is 0 Å². The van der Waals surface area contributed by atoms with Crippen LogP contribution in [-0.4, -0.2) is 121 Å². The summed E-state index contributed by atoms with van der Waals surface area (Å²) in [5.74, 6) is -0.799. The van der Waals surface area contributed by atoms with Gasteiger partial charge in [0.05, 0.1) is 44.0 Å². The van der Waals surface area contributed by atoms with Crippen LogP contribution in [0.1, 0.15) is 23.2 Å². The Morgan fingerprint density at radius 2 is 1.61 bits per heavy atom. The predicted octanol–water partition coefficient (Wildman–Crippen LogP) is -1.71. The molecule has 1 aromatic carbocycles. The molecule has 0 aromatic heterocycles. The van der Waals surface area contributed by atoms with E-state index in [1.54, 1.807) is 0 Å². The van der Waals surface area contributed by atoms with Gasteiger partial charge in [-0.05, 0) is 25.5 Å². The summed E-state index contributed by atoms with van der Waals surface area (Å²) in [4.78, 5) is 23.2. The number of carbonyl (C=O) groups is 1. The van der Waals surface area contributed by atoms with E-state index in [0.717, 1.165) is 18.6 Å². The molecule has 0 bridgehead atoms. The van der Waals surface area contributed by atoms with E-state index >= 15 is 0 Å². The van der Waals surface area contributed by atoms with Crippen LogP contribution in [0.25, 0.3) is 0 Å². The molecule has 1 aliphatic rings. The van der Waals surface area contributed by atoms with Gasteiger partial charge in [-0.2, -0.15) is 0 Å². The summed E-state index contributed by atoms with van der Waals surface area (Å²) in [6.07, 6.45) is -6.51. The number of ether oxygens (including phenoxy) is 5. The number of aliphatic hydroxyl groups is 4. The molecule has 15 heteroatoms. The maximum Gasteiger partial charge on any atom is 0.273 e.